The predicted octanol–water partition coefficient (Wildman–Crippen LogP) is 4.63. The van der Waals surface area contributed by atoms with Crippen LogP contribution in [0.5, 0.6) is 0 Å². The molecule has 0 spiro atoms. The minimum atomic E-state index is -4.63. The Labute approximate surface area is 149 Å². The molecule has 0 saturated heterocycles. The third-order valence-corrected chi connectivity index (χ3v) is 3.72. The van der Waals surface area contributed by atoms with Gasteiger partial charge in [-0.05, 0) is 42.7 Å². The highest BCUT2D eigenvalue weighted by Crippen LogP contribution is 2.34. The molecule has 0 fully saturated rings. The van der Waals surface area contributed by atoms with Crippen LogP contribution in [0.15, 0.2) is 48.5 Å². The van der Waals surface area contributed by atoms with Crippen molar-refractivity contribution in [1.82, 2.24) is 0 Å². The van der Waals surface area contributed by atoms with Crippen LogP contribution in [0.25, 0.3) is 0 Å². The Hall–Kier alpha value is -2.83. The van der Waals surface area contributed by atoms with Crippen molar-refractivity contribution >= 4 is 23.2 Å². The number of para-hydroxylation sites is 1. The molecule has 0 radical (unpaired) electrons. The van der Waals surface area contributed by atoms with Gasteiger partial charge in [0.2, 0.25) is 0 Å². The Kier molecular flexibility index (Phi) is 6.38. The number of hydrogen-bond acceptors (Lipinski definition) is 2. The number of amides is 2. The van der Waals surface area contributed by atoms with E-state index in [1.54, 1.807) is 12.1 Å². The molecule has 0 bridgehead atoms. The average Bonchev–Trinajstić information content (AvgIpc) is 2.60. The van der Waals surface area contributed by atoms with E-state index in [0.717, 1.165) is 37.0 Å². The number of halogens is 3. The van der Waals surface area contributed by atoms with Gasteiger partial charge in [-0.3, -0.25) is 9.59 Å². The molecule has 2 rings (SSSR count). The van der Waals surface area contributed by atoms with E-state index in [4.69, 9.17) is 0 Å². The van der Waals surface area contributed by atoms with E-state index in [0.29, 0.717) is 5.69 Å². The molecule has 2 N–H and O–H groups in total. The van der Waals surface area contributed by atoms with Gasteiger partial charge in [0.1, 0.15) is 0 Å². The van der Waals surface area contributed by atoms with Crippen LogP contribution >= 0.6 is 0 Å². The summed E-state index contributed by atoms with van der Waals surface area (Å²) in [6, 6.07) is 11.5. The molecule has 0 heterocycles. The number of unbranched alkanes of at least 4 members (excludes halogenated alkanes) is 1. The number of anilines is 2. The largest absolute Gasteiger partial charge is 0.418 e. The fraction of sp³-hybridized carbons (Fsp3) is 0.263. The lowest BCUT2D eigenvalue weighted by Crippen LogP contribution is -2.30. The standard InChI is InChI=1S/C19H19F3N2O2/c1-2-3-6-13-9-11-14(12-10-13)23-17(25)18(26)24-16-8-5-4-7-15(16)19(20,21)22/h4-5,7-12H,2-3,6H2,1H3,(H,23,25)(H,24,26). The first kappa shape index (κ1) is 19.5. The molecule has 0 aromatic heterocycles. The number of carbonyl (C=O) groups is 2. The zero-order valence-corrected chi connectivity index (χ0v) is 14.2. The highest BCUT2D eigenvalue weighted by Gasteiger charge is 2.34. The van der Waals surface area contributed by atoms with Crippen LogP contribution in [0.1, 0.15) is 30.9 Å². The second kappa shape index (κ2) is 8.51. The number of alkyl halides is 3. The van der Waals surface area contributed by atoms with Crippen molar-refractivity contribution in [2.24, 2.45) is 0 Å². The molecule has 0 unspecified atom stereocenters. The first-order chi connectivity index (χ1) is 12.3. The molecule has 2 aromatic rings. The zero-order valence-electron chi connectivity index (χ0n) is 14.2. The maximum Gasteiger partial charge on any atom is 0.418 e. The Morgan fingerprint density at radius 1 is 0.923 bits per heavy atom. The lowest BCUT2D eigenvalue weighted by atomic mass is 10.1. The van der Waals surface area contributed by atoms with Crippen LogP contribution < -0.4 is 10.6 Å². The van der Waals surface area contributed by atoms with Gasteiger partial charge >= 0.3 is 18.0 Å². The van der Waals surface area contributed by atoms with Crippen LogP contribution in [0.3, 0.4) is 0 Å². The number of carbonyl (C=O) groups excluding carboxylic acids is 2. The fourth-order valence-electron chi connectivity index (χ4n) is 2.34. The summed E-state index contributed by atoms with van der Waals surface area (Å²) in [6.45, 7) is 2.09. The quantitative estimate of drug-likeness (QED) is 0.761. The molecule has 2 amide bonds. The van der Waals surface area contributed by atoms with E-state index >= 15 is 0 Å². The maximum absolute atomic E-state index is 12.9. The van der Waals surface area contributed by atoms with Gasteiger partial charge in [0.25, 0.3) is 0 Å². The van der Waals surface area contributed by atoms with Crippen molar-refractivity contribution in [1.29, 1.82) is 0 Å². The normalized spacial score (nSPS) is 11.1. The van der Waals surface area contributed by atoms with Crippen LogP contribution in [-0.2, 0) is 22.2 Å². The average molecular weight is 364 g/mol. The summed E-state index contributed by atoms with van der Waals surface area (Å²) < 4.78 is 38.8. The minimum absolute atomic E-state index is 0.398. The molecule has 0 aliphatic heterocycles. The second-order valence-electron chi connectivity index (χ2n) is 5.75. The van der Waals surface area contributed by atoms with Gasteiger partial charge in [-0.15, -0.1) is 0 Å². The van der Waals surface area contributed by atoms with Gasteiger partial charge in [0, 0.05) is 5.69 Å². The van der Waals surface area contributed by atoms with Gasteiger partial charge in [-0.2, -0.15) is 13.2 Å². The lowest BCUT2D eigenvalue weighted by Gasteiger charge is -2.13. The van der Waals surface area contributed by atoms with Gasteiger partial charge in [0.15, 0.2) is 0 Å². The Bertz CT molecular complexity index is 771. The Morgan fingerprint density at radius 3 is 2.15 bits per heavy atom. The van der Waals surface area contributed by atoms with Crippen LogP contribution in [-0.4, -0.2) is 11.8 Å². The summed E-state index contributed by atoms with van der Waals surface area (Å²) in [5.74, 6) is -2.21. The number of rotatable bonds is 5. The van der Waals surface area contributed by atoms with Crippen LogP contribution in [0, 0.1) is 0 Å². The van der Waals surface area contributed by atoms with Crippen LogP contribution in [0.4, 0.5) is 24.5 Å². The monoisotopic (exact) mass is 364 g/mol. The van der Waals surface area contributed by atoms with Crippen molar-refractivity contribution in [3.63, 3.8) is 0 Å². The van der Waals surface area contributed by atoms with Gasteiger partial charge in [0.05, 0.1) is 11.3 Å². The molecule has 7 heteroatoms. The molecule has 0 saturated carbocycles. The molecule has 2 aromatic carbocycles. The van der Waals surface area contributed by atoms with Crippen molar-refractivity contribution in [3.05, 3.63) is 59.7 Å². The van der Waals surface area contributed by atoms with Gasteiger partial charge in [-0.25, -0.2) is 0 Å². The molecule has 26 heavy (non-hydrogen) atoms. The highest BCUT2D eigenvalue weighted by atomic mass is 19.4. The third-order valence-electron chi connectivity index (χ3n) is 3.72. The maximum atomic E-state index is 12.9. The first-order valence-electron chi connectivity index (χ1n) is 8.18. The van der Waals surface area contributed by atoms with E-state index < -0.39 is 29.2 Å². The molecule has 0 atom stereocenters. The summed E-state index contributed by atoms with van der Waals surface area (Å²) in [7, 11) is 0. The van der Waals surface area contributed by atoms with Crippen molar-refractivity contribution in [3.8, 4) is 0 Å². The first-order valence-corrected chi connectivity index (χ1v) is 8.18. The number of aryl methyl sites for hydroxylation is 1. The summed E-state index contributed by atoms with van der Waals surface area (Å²) in [5, 5.41) is 4.38. The highest BCUT2D eigenvalue weighted by molar-refractivity contribution is 6.43. The molecule has 4 nitrogen and oxygen atoms in total. The van der Waals surface area contributed by atoms with Gasteiger partial charge < -0.3 is 10.6 Å². The topological polar surface area (TPSA) is 58.2 Å². The van der Waals surface area contributed by atoms with E-state index in [1.807, 2.05) is 17.4 Å². The molecular weight excluding hydrogens is 345 g/mol. The van der Waals surface area contributed by atoms with Gasteiger partial charge in [-0.1, -0.05) is 37.6 Å². The fourth-order valence-corrected chi connectivity index (χ4v) is 2.34. The summed E-state index contributed by atoms with van der Waals surface area (Å²) in [6.07, 6.45) is -1.60. The summed E-state index contributed by atoms with van der Waals surface area (Å²) in [4.78, 5) is 23.8. The summed E-state index contributed by atoms with van der Waals surface area (Å²) in [5.41, 5.74) is 0.0272. The van der Waals surface area contributed by atoms with E-state index in [1.165, 1.54) is 12.1 Å². The Morgan fingerprint density at radius 2 is 1.54 bits per heavy atom. The lowest BCUT2D eigenvalue weighted by molar-refractivity contribution is -0.137. The third kappa shape index (κ3) is 5.34. The molecule has 138 valence electrons. The van der Waals surface area contributed by atoms with Crippen LogP contribution in [0.2, 0.25) is 0 Å². The predicted molar refractivity (Wildman–Crippen MR) is 93.8 cm³/mol. The number of nitrogens with one attached hydrogen (secondary N) is 2. The van der Waals surface area contributed by atoms with Crippen molar-refractivity contribution < 1.29 is 22.8 Å². The number of hydrogen-bond donors (Lipinski definition) is 2. The van der Waals surface area contributed by atoms with Crippen molar-refractivity contribution in [2.45, 2.75) is 32.4 Å². The van der Waals surface area contributed by atoms with E-state index in [9.17, 15) is 22.8 Å². The summed E-state index contributed by atoms with van der Waals surface area (Å²) >= 11 is 0. The zero-order chi connectivity index (χ0) is 19.2. The second-order valence-corrected chi connectivity index (χ2v) is 5.75. The molecule has 0 aliphatic rings. The SMILES string of the molecule is CCCCc1ccc(NC(=O)C(=O)Nc2ccccc2C(F)(F)F)cc1. The molecular formula is C19H19F3N2O2. The minimum Gasteiger partial charge on any atom is -0.318 e. The smallest absolute Gasteiger partial charge is 0.318 e. The number of benzene rings is 2. The van der Waals surface area contributed by atoms with E-state index in [-0.39, 0.29) is 0 Å². The van der Waals surface area contributed by atoms with Crippen molar-refractivity contribution in [2.75, 3.05) is 10.6 Å². The van der Waals surface area contributed by atoms with E-state index in [2.05, 4.69) is 12.2 Å². The Balaban J connectivity index is 2.01. The molecule has 0 aliphatic carbocycles.